The molecule has 2 heterocycles. The first-order chi connectivity index (χ1) is 7.71. The highest BCUT2D eigenvalue weighted by Crippen LogP contribution is 2.37. The molecule has 0 saturated heterocycles. The van der Waals surface area contributed by atoms with Gasteiger partial charge in [0.1, 0.15) is 5.65 Å². The smallest absolute Gasteiger partial charge is 0.303 e. The SMILES string of the molecule is CC(C)(C)c1c(C(F)(F)F)nc2ccccn12. The molecule has 2 rings (SSSR count). The molecule has 0 spiro atoms. The highest BCUT2D eigenvalue weighted by molar-refractivity contribution is 5.45. The van der Waals surface area contributed by atoms with Gasteiger partial charge in [0, 0.05) is 11.6 Å². The van der Waals surface area contributed by atoms with Crippen LogP contribution in [0, 0.1) is 0 Å². The summed E-state index contributed by atoms with van der Waals surface area (Å²) in [6.07, 6.45) is -2.81. The van der Waals surface area contributed by atoms with Crippen LogP contribution in [0.25, 0.3) is 5.65 Å². The highest BCUT2D eigenvalue weighted by atomic mass is 19.4. The average molecular weight is 242 g/mol. The summed E-state index contributed by atoms with van der Waals surface area (Å²) in [5, 5.41) is 0. The van der Waals surface area contributed by atoms with E-state index >= 15 is 0 Å². The quantitative estimate of drug-likeness (QED) is 0.689. The summed E-state index contributed by atoms with van der Waals surface area (Å²) in [6.45, 7) is 5.25. The van der Waals surface area contributed by atoms with E-state index < -0.39 is 17.3 Å². The predicted molar refractivity (Wildman–Crippen MR) is 58.9 cm³/mol. The van der Waals surface area contributed by atoms with Crippen molar-refractivity contribution in [3.8, 4) is 0 Å². The Morgan fingerprint density at radius 2 is 1.76 bits per heavy atom. The summed E-state index contributed by atoms with van der Waals surface area (Å²) in [6, 6.07) is 4.95. The van der Waals surface area contributed by atoms with Gasteiger partial charge in [-0.15, -0.1) is 0 Å². The number of hydrogen-bond donors (Lipinski definition) is 0. The Kier molecular flexibility index (Phi) is 2.45. The second kappa shape index (κ2) is 3.48. The van der Waals surface area contributed by atoms with Crippen LogP contribution in [0.4, 0.5) is 13.2 Å². The molecule has 0 radical (unpaired) electrons. The largest absolute Gasteiger partial charge is 0.435 e. The standard InChI is InChI=1S/C12H13F3N2/c1-11(2,3)10-9(12(13,14)15)16-8-6-4-5-7-17(8)10/h4-7H,1-3H3. The molecule has 0 saturated carbocycles. The molecule has 0 N–H and O–H groups in total. The fourth-order valence-electron chi connectivity index (χ4n) is 1.91. The predicted octanol–water partition coefficient (Wildman–Crippen LogP) is 3.65. The van der Waals surface area contributed by atoms with E-state index in [2.05, 4.69) is 4.98 Å². The third-order valence-corrected chi connectivity index (χ3v) is 2.51. The van der Waals surface area contributed by atoms with Crippen molar-refractivity contribution in [2.75, 3.05) is 0 Å². The van der Waals surface area contributed by atoms with Crippen molar-refractivity contribution in [2.24, 2.45) is 0 Å². The molecule has 17 heavy (non-hydrogen) atoms. The van der Waals surface area contributed by atoms with Crippen molar-refractivity contribution < 1.29 is 13.2 Å². The van der Waals surface area contributed by atoms with Gasteiger partial charge in [-0.25, -0.2) is 4.98 Å². The third-order valence-electron chi connectivity index (χ3n) is 2.51. The second-order valence-corrected chi connectivity index (χ2v) is 4.99. The summed E-state index contributed by atoms with van der Waals surface area (Å²) in [7, 11) is 0. The van der Waals surface area contributed by atoms with Gasteiger partial charge in [0.15, 0.2) is 5.69 Å². The van der Waals surface area contributed by atoms with E-state index in [9.17, 15) is 13.2 Å². The molecule has 0 bridgehead atoms. The lowest BCUT2D eigenvalue weighted by Crippen LogP contribution is -2.20. The first-order valence-corrected chi connectivity index (χ1v) is 5.26. The number of fused-ring (bicyclic) bond motifs is 1. The van der Waals surface area contributed by atoms with Gasteiger partial charge in [-0.3, -0.25) is 0 Å². The summed E-state index contributed by atoms with van der Waals surface area (Å²) in [4.78, 5) is 3.69. The van der Waals surface area contributed by atoms with E-state index in [0.29, 0.717) is 5.65 Å². The van der Waals surface area contributed by atoms with Gasteiger partial charge < -0.3 is 4.40 Å². The van der Waals surface area contributed by atoms with Crippen molar-refractivity contribution in [3.63, 3.8) is 0 Å². The van der Waals surface area contributed by atoms with E-state index in [4.69, 9.17) is 0 Å². The van der Waals surface area contributed by atoms with Gasteiger partial charge >= 0.3 is 6.18 Å². The average Bonchev–Trinajstić information content (AvgIpc) is 2.54. The van der Waals surface area contributed by atoms with E-state index in [0.717, 1.165) is 0 Å². The summed E-state index contributed by atoms with van der Waals surface area (Å²) in [5.74, 6) is 0. The zero-order valence-electron chi connectivity index (χ0n) is 9.84. The van der Waals surface area contributed by atoms with Crippen LogP contribution in [-0.4, -0.2) is 9.38 Å². The lowest BCUT2D eigenvalue weighted by molar-refractivity contribution is -0.142. The Morgan fingerprint density at radius 1 is 1.12 bits per heavy atom. The van der Waals surface area contributed by atoms with E-state index in [1.807, 2.05) is 0 Å². The van der Waals surface area contributed by atoms with Crippen LogP contribution in [0.3, 0.4) is 0 Å². The molecule has 0 aliphatic carbocycles. The van der Waals surface area contributed by atoms with E-state index in [1.54, 1.807) is 45.2 Å². The summed E-state index contributed by atoms with van der Waals surface area (Å²) < 4.78 is 40.3. The molecular formula is C12H13F3N2. The Balaban J connectivity index is 2.84. The number of halogens is 3. The highest BCUT2D eigenvalue weighted by Gasteiger charge is 2.40. The Labute approximate surface area is 97.1 Å². The van der Waals surface area contributed by atoms with E-state index in [1.165, 1.54) is 4.40 Å². The number of aromatic nitrogens is 2. The number of pyridine rings is 1. The number of alkyl halides is 3. The minimum atomic E-state index is -4.42. The number of imidazole rings is 1. The van der Waals surface area contributed by atoms with Gasteiger partial charge in [-0.2, -0.15) is 13.2 Å². The molecule has 5 heteroatoms. The molecular weight excluding hydrogens is 229 g/mol. The van der Waals surface area contributed by atoms with Crippen LogP contribution in [0.1, 0.15) is 32.2 Å². The fraction of sp³-hybridized carbons (Fsp3) is 0.417. The van der Waals surface area contributed by atoms with Crippen molar-refractivity contribution in [1.29, 1.82) is 0 Å². The fourth-order valence-corrected chi connectivity index (χ4v) is 1.91. The molecule has 2 nitrogen and oxygen atoms in total. The number of nitrogens with zero attached hydrogens (tertiary/aromatic N) is 2. The van der Waals surface area contributed by atoms with Crippen LogP contribution in [0.15, 0.2) is 24.4 Å². The molecule has 0 unspecified atom stereocenters. The monoisotopic (exact) mass is 242 g/mol. The molecule has 0 fully saturated rings. The normalized spacial score (nSPS) is 13.3. The lowest BCUT2D eigenvalue weighted by Gasteiger charge is -2.20. The molecule has 92 valence electrons. The van der Waals surface area contributed by atoms with E-state index in [-0.39, 0.29) is 5.69 Å². The van der Waals surface area contributed by atoms with Gasteiger partial charge in [-0.1, -0.05) is 26.8 Å². The van der Waals surface area contributed by atoms with Gasteiger partial charge in [0.2, 0.25) is 0 Å². The number of rotatable bonds is 0. The van der Waals surface area contributed by atoms with Crippen molar-refractivity contribution in [1.82, 2.24) is 9.38 Å². The minimum absolute atomic E-state index is 0.195. The molecule has 0 aliphatic rings. The van der Waals surface area contributed by atoms with Crippen molar-refractivity contribution in [2.45, 2.75) is 32.4 Å². The van der Waals surface area contributed by atoms with Crippen LogP contribution < -0.4 is 0 Å². The van der Waals surface area contributed by atoms with Crippen LogP contribution in [-0.2, 0) is 11.6 Å². The van der Waals surface area contributed by atoms with Gasteiger partial charge in [0.05, 0.1) is 5.69 Å². The summed E-state index contributed by atoms with van der Waals surface area (Å²) >= 11 is 0. The maximum absolute atomic E-state index is 12.9. The zero-order valence-corrected chi connectivity index (χ0v) is 9.84. The zero-order chi connectivity index (χ0) is 12.8. The first-order valence-electron chi connectivity index (χ1n) is 5.26. The topological polar surface area (TPSA) is 17.3 Å². The number of hydrogen-bond acceptors (Lipinski definition) is 1. The summed E-state index contributed by atoms with van der Waals surface area (Å²) in [5.41, 5.74) is -0.896. The Hall–Kier alpha value is -1.52. The molecule has 0 aliphatic heterocycles. The maximum atomic E-state index is 12.9. The molecule has 0 atom stereocenters. The molecule has 2 aromatic heterocycles. The van der Waals surface area contributed by atoms with Gasteiger partial charge in [-0.05, 0) is 12.1 Å². The lowest BCUT2D eigenvalue weighted by atomic mass is 9.90. The van der Waals surface area contributed by atoms with Gasteiger partial charge in [0.25, 0.3) is 0 Å². The minimum Gasteiger partial charge on any atom is -0.303 e. The van der Waals surface area contributed by atoms with Crippen molar-refractivity contribution in [3.05, 3.63) is 35.8 Å². The van der Waals surface area contributed by atoms with Crippen LogP contribution in [0.2, 0.25) is 0 Å². The van der Waals surface area contributed by atoms with Crippen LogP contribution >= 0.6 is 0 Å². The Morgan fingerprint density at radius 3 is 2.29 bits per heavy atom. The van der Waals surface area contributed by atoms with Crippen molar-refractivity contribution >= 4 is 5.65 Å². The first kappa shape index (κ1) is 12.0. The van der Waals surface area contributed by atoms with Crippen LogP contribution in [0.5, 0.6) is 0 Å². The maximum Gasteiger partial charge on any atom is 0.435 e. The molecule has 0 aromatic carbocycles. The molecule has 0 amide bonds. The molecule has 2 aromatic rings. The third kappa shape index (κ3) is 2.01. The second-order valence-electron chi connectivity index (χ2n) is 4.99. The Bertz CT molecular complexity index is 547.